The average Bonchev–Trinajstić information content (AvgIpc) is 2.63. The molecule has 0 aliphatic carbocycles. The fourth-order valence-corrected chi connectivity index (χ4v) is 3.25. The second-order valence-corrected chi connectivity index (χ2v) is 7.33. The van der Waals surface area contributed by atoms with Crippen LogP contribution in [0.3, 0.4) is 0 Å². The van der Waals surface area contributed by atoms with Crippen molar-refractivity contribution in [3.8, 4) is 17.0 Å². The van der Waals surface area contributed by atoms with Gasteiger partial charge in [0.1, 0.15) is 18.3 Å². The van der Waals surface area contributed by atoms with Crippen molar-refractivity contribution in [2.45, 2.75) is 30.0 Å². The van der Waals surface area contributed by atoms with E-state index in [9.17, 15) is 32.5 Å². The van der Waals surface area contributed by atoms with E-state index in [1.807, 2.05) is 0 Å². The first-order valence-corrected chi connectivity index (χ1v) is 9.19. The van der Waals surface area contributed by atoms with E-state index in [4.69, 9.17) is 14.0 Å². The van der Waals surface area contributed by atoms with Crippen molar-refractivity contribution in [3.05, 3.63) is 42.4 Å². The molecule has 1 fully saturated rings. The van der Waals surface area contributed by atoms with E-state index in [2.05, 4.69) is 9.97 Å². The first kappa shape index (κ1) is 20.4. The van der Waals surface area contributed by atoms with Gasteiger partial charge in [-0.05, 0) is 24.3 Å². The molecule has 0 saturated carbocycles. The second-order valence-electron chi connectivity index (χ2n) is 5.83. The molecule has 2 aromatic rings. The summed E-state index contributed by atoms with van der Waals surface area (Å²) in [5.41, 5.74) is -1.95. The first-order valence-electron chi connectivity index (χ1n) is 7.69. The lowest BCUT2D eigenvalue weighted by Gasteiger charge is -2.38. The van der Waals surface area contributed by atoms with E-state index < -0.39 is 57.8 Å². The zero-order valence-electron chi connectivity index (χ0n) is 13.8. The highest BCUT2D eigenvalue weighted by atomic mass is 32.2. The molecular formula is C15H14F2N2O8S. The second kappa shape index (κ2) is 7.62. The smallest absolute Gasteiger partial charge is 0.295 e. The molecule has 10 nitrogen and oxygen atoms in total. The maximum absolute atomic E-state index is 14.3. The number of ether oxygens (including phenoxy) is 2. The van der Waals surface area contributed by atoms with Crippen LogP contribution < -0.4 is 4.74 Å². The number of rotatable bonds is 4. The number of pyridine rings is 2. The van der Waals surface area contributed by atoms with Crippen molar-refractivity contribution >= 4 is 10.1 Å². The molecule has 3 rings (SSSR count). The Morgan fingerprint density at radius 1 is 1.04 bits per heavy atom. The molecule has 5 atom stereocenters. The van der Waals surface area contributed by atoms with Crippen LogP contribution in [0.2, 0.25) is 0 Å². The minimum atomic E-state index is -4.98. The first-order chi connectivity index (χ1) is 13.1. The summed E-state index contributed by atoms with van der Waals surface area (Å²) in [6.45, 7) is 0. The van der Waals surface area contributed by atoms with Gasteiger partial charge in [0.2, 0.25) is 17.7 Å². The third-order valence-electron chi connectivity index (χ3n) is 3.90. The third-order valence-corrected chi connectivity index (χ3v) is 4.88. The Morgan fingerprint density at radius 2 is 1.75 bits per heavy atom. The van der Waals surface area contributed by atoms with Crippen LogP contribution in [0.25, 0.3) is 11.3 Å². The van der Waals surface area contributed by atoms with Crippen molar-refractivity contribution in [2.24, 2.45) is 0 Å². The van der Waals surface area contributed by atoms with Crippen LogP contribution in [-0.4, -0.2) is 68.3 Å². The van der Waals surface area contributed by atoms with Gasteiger partial charge >= 0.3 is 0 Å². The van der Waals surface area contributed by atoms with Crippen molar-refractivity contribution in [1.29, 1.82) is 0 Å². The zero-order valence-corrected chi connectivity index (χ0v) is 14.6. The molecular weight excluding hydrogens is 406 g/mol. The minimum absolute atomic E-state index is 0.0775. The highest BCUT2D eigenvalue weighted by molar-refractivity contribution is 7.86. The molecule has 1 saturated heterocycles. The lowest BCUT2D eigenvalue weighted by atomic mass is 10.1. The lowest BCUT2D eigenvalue weighted by Crippen LogP contribution is -2.61. The van der Waals surface area contributed by atoms with Crippen molar-refractivity contribution in [3.63, 3.8) is 0 Å². The van der Waals surface area contributed by atoms with Crippen molar-refractivity contribution < 1.29 is 46.5 Å². The van der Waals surface area contributed by atoms with Gasteiger partial charge < -0.3 is 24.8 Å². The summed E-state index contributed by atoms with van der Waals surface area (Å²) >= 11 is 0. The summed E-state index contributed by atoms with van der Waals surface area (Å²) in [4.78, 5) is 7.01. The number of aromatic nitrogens is 2. The quantitative estimate of drug-likeness (QED) is 0.373. The van der Waals surface area contributed by atoms with Gasteiger partial charge in [-0.15, -0.1) is 0 Å². The molecule has 3 heterocycles. The summed E-state index contributed by atoms with van der Waals surface area (Å²) < 4.78 is 68.4. The van der Waals surface area contributed by atoms with Gasteiger partial charge in [-0.3, -0.25) is 4.55 Å². The topological polar surface area (TPSA) is 159 Å². The molecule has 1 unspecified atom stereocenters. The van der Waals surface area contributed by atoms with Crippen LogP contribution in [0.5, 0.6) is 5.75 Å². The van der Waals surface area contributed by atoms with Crippen molar-refractivity contribution in [1.82, 2.24) is 9.97 Å². The van der Waals surface area contributed by atoms with Gasteiger partial charge in [-0.25, -0.2) is 9.97 Å². The van der Waals surface area contributed by atoms with Gasteiger partial charge in [-0.2, -0.15) is 17.2 Å². The van der Waals surface area contributed by atoms with Gasteiger partial charge in [0.25, 0.3) is 16.1 Å². The molecule has 0 radical (unpaired) electrons. The molecule has 0 aromatic carbocycles. The number of hydrogen-bond acceptors (Lipinski definition) is 9. The van der Waals surface area contributed by atoms with E-state index in [0.717, 1.165) is 18.3 Å². The Bertz CT molecular complexity index is 959. The zero-order chi connectivity index (χ0) is 20.6. The standard InChI is InChI=1S/C15H14F2N2O8S/c16-9-4-1-6(5-18-9)7-2-3-8(13(17)19-7)26-14-11(21)10(20)12(22)15(27-14)28(23,24)25/h1-5,10-12,14-15,20-22H,(H,23,24,25)/t10-,11-,12+,14-,15?/m1/s1. The van der Waals surface area contributed by atoms with Gasteiger partial charge in [0.05, 0.1) is 5.69 Å². The fourth-order valence-electron chi connectivity index (χ4n) is 2.48. The summed E-state index contributed by atoms with van der Waals surface area (Å²) in [6.07, 6.45) is -7.01. The molecule has 2 aromatic heterocycles. The van der Waals surface area contributed by atoms with Crippen LogP contribution in [0.4, 0.5) is 8.78 Å². The lowest BCUT2D eigenvalue weighted by molar-refractivity contribution is -0.254. The molecule has 13 heteroatoms. The molecule has 0 bridgehead atoms. The maximum atomic E-state index is 14.3. The van der Waals surface area contributed by atoms with Crippen molar-refractivity contribution in [2.75, 3.05) is 0 Å². The van der Waals surface area contributed by atoms with E-state index in [0.29, 0.717) is 5.56 Å². The Kier molecular flexibility index (Phi) is 5.56. The number of halogens is 2. The summed E-state index contributed by atoms with van der Waals surface area (Å²) in [7, 11) is -4.98. The molecule has 152 valence electrons. The van der Waals surface area contributed by atoms with E-state index in [1.54, 1.807) is 0 Å². The van der Waals surface area contributed by atoms with Gasteiger partial charge in [0.15, 0.2) is 5.75 Å². The molecule has 0 amide bonds. The monoisotopic (exact) mass is 420 g/mol. The van der Waals surface area contributed by atoms with Crippen LogP contribution in [0.1, 0.15) is 0 Å². The van der Waals surface area contributed by atoms with Gasteiger partial charge in [0, 0.05) is 11.8 Å². The fraction of sp³-hybridized carbons (Fsp3) is 0.333. The van der Waals surface area contributed by atoms with Crippen LogP contribution in [0, 0.1) is 11.9 Å². The number of nitrogens with zero attached hydrogens (tertiary/aromatic N) is 2. The molecule has 1 aliphatic heterocycles. The van der Waals surface area contributed by atoms with E-state index in [1.165, 1.54) is 12.1 Å². The minimum Gasteiger partial charge on any atom is -0.457 e. The number of aliphatic hydroxyl groups is 3. The molecule has 1 aliphatic rings. The third kappa shape index (κ3) is 4.09. The Labute approximate surface area is 156 Å². The highest BCUT2D eigenvalue weighted by Gasteiger charge is 2.50. The summed E-state index contributed by atoms with van der Waals surface area (Å²) in [6, 6.07) is 4.70. The number of hydrogen-bond donors (Lipinski definition) is 4. The predicted octanol–water partition coefficient (Wildman–Crippen LogP) is -0.546. The highest BCUT2D eigenvalue weighted by Crippen LogP contribution is 2.28. The number of aliphatic hydroxyl groups excluding tert-OH is 3. The van der Waals surface area contributed by atoms with Crippen LogP contribution >= 0.6 is 0 Å². The van der Waals surface area contributed by atoms with E-state index >= 15 is 0 Å². The van der Waals surface area contributed by atoms with Gasteiger partial charge in [-0.1, -0.05) is 0 Å². The maximum Gasteiger partial charge on any atom is 0.295 e. The molecule has 28 heavy (non-hydrogen) atoms. The van der Waals surface area contributed by atoms with Crippen LogP contribution in [0.15, 0.2) is 30.5 Å². The molecule has 0 spiro atoms. The average molecular weight is 420 g/mol. The predicted molar refractivity (Wildman–Crippen MR) is 86.2 cm³/mol. The summed E-state index contributed by atoms with van der Waals surface area (Å²) in [5, 5.41) is 29.2. The summed E-state index contributed by atoms with van der Waals surface area (Å²) in [5.74, 6) is -2.51. The SMILES string of the molecule is O=S(=O)(O)C1O[C@@H](Oc2ccc(-c3ccc(F)nc3)nc2F)[C@H](O)[C@@H](O)[C@@H]1O. The van der Waals surface area contributed by atoms with Crippen LogP contribution in [-0.2, 0) is 14.9 Å². The largest absolute Gasteiger partial charge is 0.457 e. The Morgan fingerprint density at radius 3 is 2.32 bits per heavy atom. The Balaban J connectivity index is 1.83. The van der Waals surface area contributed by atoms with E-state index in [-0.39, 0.29) is 5.69 Å². The Hall–Kier alpha value is -2.29. The normalized spacial score (nSPS) is 28.1. The molecule has 4 N–H and O–H groups in total.